The first-order valence-electron chi connectivity index (χ1n) is 6.82. The molecule has 3 rings (SSSR count). The van der Waals surface area contributed by atoms with E-state index in [2.05, 4.69) is 16.0 Å². The van der Waals surface area contributed by atoms with Gasteiger partial charge in [-0.1, -0.05) is 0 Å². The normalized spacial score (nSPS) is 15.7. The van der Waals surface area contributed by atoms with E-state index in [4.69, 9.17) is 14.9 Å². The highest BCUT2D eigenvalue weighted by Crippen LogP contribution is 2.28. The lowest BCUT2D eigenvalue weighted by atomic mass is 10.0. The van der Waals surface area contributed by atoms with E-state index in [-0.39, 0.29) is 0 Å². The molecule has 1 aromatic heterocycles. The van der Waals surface area contributed by atoms with E-state index < -0.39 is 0 Å². The number of nitrogens with zero attached hydrogens (tertiary/aromatic N) is 2. The Balaban J connectivity index is 1.74. The van der Waals surface area contributed by atoms with Gasteiger partial charge in [0, 0.05) is 13.1 Å². The third kappa shape index (κ3) is 2.63. The van der Waals surface area contributed by atoms with Gasteiger partial charge in [-0.3, -0.25) is 4.90 Å². The van der Waals surface area contributed by atoms with Gasteiger partial charge in [-0.2, -0.15) is 0 Å². The molecule has 0 fully saturated rings. The van der Waals surface area contributed by atoms with Crippen molar-refractivity contribution in [1.29, 1.82) is 0 Å². The Hall–Kier alpha value is -2.01. The average molecular weight is 273 g/mol. The fourth-order valence-electron chi connectivity index (χ4n) is 2.68. The SMILES string of the molecule is COc1cc2c(cc1N)CCN(Cc1ncco1)CC2. The van der Waals surface area contributed by atoms with E-state index in [1.54, 1.807) is 19.6 Å². The van der Waals surface area contributed by atoms with Gasteiger partial charge in [0.05, 0.1) is 25.5 Å². The van der Waals surface area contributed by atoms with Gasteiger partial charge in [-0.15, -0.1) is 0 Å². The molecule has 0 bridgehead atoms. The predicted molar refractivity (Wildman–Crippen MR) is 76.6 cm³/mol. The number of oxazole rings is 1. The van der Waals surface area contributed by atoms with Crippen LogP contribution in [0.5, 0.6) is 5.75 Å². The van der Waals surface area contributed by atoms with Crippen molar-refractivity contribution < 1.29 is 9.15 Å². The molecule has 0 saturated carbocycles. The van der Waals surface area contributed by atoms with Crippen LogP contribution in [-0.2, 0) is 19.4 Å². The van der Waals surface area contributed by atoms with E-state index in [0.29, 0.717) is 5.69 Å². The Labute approximate surface area is 118 Å². The zero-order valence-corrected chi connectivity index (χ0v) is 11.6. The quantitative estimate of drug-likeness (QED) is 0.865. The van der Waals surface area contributed by atoms with Crippen LogP contribution in [-0.4, -0.2) is 30.1 Å². The van der Waals surface area contributed by atoms with Gasteiger partial charge >= 0.3 is 0 Å². The summed E-state index contributed by atoms with van der Waals surface area (Å²) in [4.78, 5) is 6.54. The second-order valence-electron chi connectivity index (χ2n) is 5.06. The van der Waals surface area contributed by atoms with Crippen molar-refractivity contribution in [3.63, 3.8) is 0 Å². The van der Waals surface area contributed by atoms with E-state index >= 15 is 0 Å². The molecule has 2 N–H and O–H groups in total. The van der Waals surface area contributed by atoms with Crippen LogP contribution in [0.15, 0.2) is 29.0 Å². The highest BCUT2D eigenvalue weighted by Gasteiger charge is 2.17. The third-order valence-electron chi connectivity index (χ3n) is 3.79. The lowest BCUT2D eigenvalue weighted by Crippen LogP contribution is -2.26. The maximum atomic E-state index is 5.99. The molecular formula is C15H19N3O2. The Kier molecular flexibility index (Phi) is 3.60. The summed E-state index contributed by atoms with van der Waals surface area (Å²) in [6.07, 6.45) is 5.29. The molecule has 0 saturated heterocycles. The fraction of sp³-hybridized carbons (Fsp3) is 0.400. The molecule has 0 radical (unpaired) electrons. The van der Waals surface area contributed by atoms with Gasteiger partial charge in [-0.05, 0) is 36.1 Å². The van der Waals surface area contributed by atoms with Crippen LogP contribution in [0.1, 0.15) is 17.0 Å². The molecule has 5 heteroatoms. The second-order valence-corrected chi connectivity index (χ2v) is 5.06. The van der Waals surface area contributed by atoms with Crippen LogP contribution in [0.2, 0.25) is 0 Å². The summed E-state index contributed by atoms with van der Waals surface area (Å²) in [6.45, 7) is 2.73. The van der Waals surface area contributed by atoms with Crippen molar-refractivity contribution in [2.24, 2.45) is 0 Å². The number of nitrogens with two attached hydrogens (primary N) is 1. The van der Waals surface area contributed by atoms with Crippen molar-refractivity contribution >= 4 is 5.69 Å². The summed E-state index contributed by atoms with van der Waals surface area (Å²) < 4.78 is 10.6. The van der Waals surface area contributed by atoms with Crippen molar-refractivity contribution in [2.45, 2.75) is 19.4 Å². The zero-order valence-electron chi connectivity index (χ0n) is 11.6. The summed E-state index contributed by atoms with van der Waals surface area (Å²) >= 11 is 0. The van der Waals surface area contributed by atoms with Gasteiger partial charge in [-0.25, -0.2) is 4.98 Å². The highest BCUT2D eigenvalue weighted by atomic mass is 16.5. The molecule has 0 spiro atoms. The van der Waals surface area contributed by atoms with E-state index in [1.165, 1.54) is 11.1 Å². The average Bonchev–Trinajstić information content (AvgIpc) is 2.88. The first-order valence-corrected chi connectivity index (χ1v) is 6.82. The molecular weight excluding hydrogens is 254 g/mol. The standard InChI is InChI=1S/C15H19N3O2/c1-19-14-9-12-3-6-18(10-15-17-4-7-20-15)5-2-11(12)8-13(14)16/h4,7-9H,2-3,5-6,10,16H2,1H3. The molecule has 2 heterocycles. The monoisotopic (exact) mass is 273 g/mol. The van der Waals surface area contributed by atoms with Gasteiger partial charge in [0.2, 0.25) is 5.89 Å². The van der Waals surface area contributed by atoms with Crippen LogP contribution >= 0.6 is 0 Å². The first-order chi connectivity index (χ1) is 9.76. The second kappa shape index (κ2) is 5.54. The molecule has 0 unspecified atom stereocenters. The van der Waals surface area contributed by atoms with Crippen molar-refractivity contribution in [2.75, 3.05) is 25.9 Å². The van der Waals surface area contributed by atoms with Crippen LogP contribution in [0.3, 0.4) is 0 Å². The lowest BCUT2D eigenvalue weighted by molar-refractivity contribution is 0.250. The summed E-state index contributed by atoms with van der Waals surface area (Å²) in [5.41, 5.74) is 9.34. The first kappa shape index (κ1) is 13.0. The van der Waals surface area contributed by atoms with Gasteiger partial charge < -0.3 is 14.9 Å². The fourth-order valence-corrected chi connectivity index (χ4v) is 2.68. The Morgan fingerprint density at radius 3 is 2.70 bits per heavy atom. The molecule has 0 aliphatic carbocycles. The predicted octanol–water partition coefficient (Wildman–Crippen LogP) is 1.87. The zero-order chi connectivity index (χ0) is 13.9. The molecule has 2 aromatic rings. The lowest BCUT2D eigenvalue weighted by Gasteiger charge is -2.17. The number of anilines is 1. The van der Waals surface area contributed by atoms with Gasteiger partial charge in [0.15, 0.2) is 0 Å². The molecule has 0 atom stereocenters. The molecule has 1 aromatic carbocycles. The summed E-state index contributed by atoms with van der Waals surface area (Å²) in [5.74, 6) is 1.54. The van der Waals surface area contributed by atoms with E-state index in [9.17, 15) is 0 Å². The Morgan fingerprint density at radius 2 is 2.05 bits per heavy atom. The Morgan fingerprint density at radius 1 is 1.30 bits per heavy atom. The smallest absolute Gasteiger partial charge is 0.208 e. The number of benzene rings is 1. The number of fused-ring (bicyclic) bond motifs is 1. The van der Waals surface area contributed by atoms with Crippen LogP contribution in [0, 0.1) is 0 Å². The van der Waals surface area contributed by atoms with Crippen molar-refractivity contribution in [1.82, 2.24) is 9.88 Å². The number of hydrogen-bond donors (Lipinski definition) is 1. The third-order valence-corrected chi connectivity index (χ3v) is 3.79. The van der Waals surface area contributed by atoms with Crippen LogP contribution in [0.4, 0.5) is 5.69 Å². The topological polar surface area (TPSA) is 64.5 Å². The summed E-state index contributed by atoms with van der Waals surface area (Å²) in [5, 5.41) is 0. The van der Waals surface area contributed by atoms with Gasteiger partial charge in [0.1, 0.15) is 12.0 Å². The maximum Gasteiger partial charge on any atom is 0.208 e. The number of nitrogen functional groups attached to an aromatic ring is 1. The molecule has 20 heavy (non-hydrogen) atoms. The van der Waals surface area contributed by atoms with Crippen LogP contribution < -0.4 is 10.5 Å². The number of rotatable bonds is 3. The highest BCUT2D eigenvalue weighted by molar-refractivity contribution is 5.57. The van der Waals surface area contributed by atoms with E-state index in [0.717, 1.165) is 44.1 Å². The summed E-state index contributed by atoms with van der Waals surface area (Å²) in [6, 6.07) is 4.11. The van der Waals surface area contributed by atoms with Crippen LogP contribution in [0.25, 0.3) is 0 Å². The van der Waals surface area contributed by atoms with E-state index in [1.807, 2.05) is 6.07 Å². The number of ether oxygens (including phenoxy) is 1. The summed E-state index contributed by atoms with van der Waals surface area (Å²) in [7, 11) is 1.66. The molecule has 5 nitrogen and oxygen atoms in total. The number of aromatic nitrogens is 1. The number of hydrogen-bond acceptors (Lipinski definition) is 5. The Bertz CT molecular complexity index is 581. The van der Waals surface area contributed by atoms with Gasteiger partial charge in [0.25, 0.3) is 0 Å². The minimum atomic E-state index is 0.715. The maximum absolute atomic E-state index is 5.99. The molecule has 106 valence electrons. The minimum absolute atomic E-state index is 0.715. The molecule has 0 amide bonds. The molecule has 1 aliphatic heterocycles. The van der Waals surface area contributed by atoms with Crippen molar-refractivity contribution in [3.05, 3.63) is 41.6 Å². The molecule has 1 aliphatic rings. The number of methoxy groups -OCH3 is 1. The van der Waals surface area contributed by atoms with Crippen molar-refractivity contribution in [3.8, 4) is 5.75 Å². The largest absolute Gasteiger partial charge is 0.495 e. The minimum Gasteiger partial charge on any atom is -0.495 e.